The maximum absolute atomic E-state index is 12.5. The van der Waals surface area contributed by atoms with E-state index in [0.29, 0.717) is 17.3 Å². The molecule has 6 heteroatoms. The van der Waals surface area contributed by atoms with E-state index in [9.17, 15) is 9.59 Å². The van der Waals surface area contributed by atoms with Crippen molar-refractivity contribution < 1.29 is 9.59 Å². The molecule has 1 N–H and O–H groups in total. The Hall–Kier alpha value is -2.37. The van der Waals surface area contributed by atoms with Crippen LogP contribution in [0.4, 0.5) is 5.69 Å². The quantitative estimate of drug-likeness (QED) is 0.753. The number of para-hydroxylation sites is 1. The molecule has 0 saturated heterocycles. The first-order valence-corrected chi connectivity index (χ1v) is 9.33. The van der Waals surface area contributed by atoms with Crippen LogP contribution in [0.15, 0.2) is 48.5 Å². The third-order valence-corrected chi connectivity index (χ3v) is 4.58. The van der Waals surface area contributed by atoms with Gasteiger partial charge in [-0.25, -0.2) is 0 Å². The SMILES string of the molecule is CCN(CC(=O)N(C)CC(=O)Nc1ccccc1Cl)Cc1cccc(C)c1. The van der Waals surface area contributed by atoms with E-state index in [1.165, 1.54) is 16.0 Å². The highest BCUT2D eigenvalue weighted by Gasteiger charge is 2.17. The standard InChI is InChI=1S/C21H26ClN3O2/c1-4-25(13-17-9-7-8-16(2)12-17)15-21(27)24(3)14-20(26)23-19-11-6-5-10-18(19)22/h5-12H,4,13-15H2,1-3H3,(H,23,26). The minimum atomic E-state index is -0.277. The number of anilines is 1. The van der Waals surface area contributed by atoms with Crippen LogP contribution in [0.25, 0.3) is 0 Å². The van der Waals surface area contributed by atoms with Crippen molar-refractivity contribution >= 4 is 29.1 Å². The Bertz CT molecular complexity index is 795. The molecule has 0 bridgehead atoms. The van der Waals surface area contributed by atoms with Gasteiger partial charge in [0.05, 0.1) is 23.8 Å². The van der Waals surface area contributed by atoms with Crippen LogP contribution in [0.1, 0.15) is 18.1 Å². The number of likely N-dealkylation sites (N-methyl/N-ethyl adjacent to an activating group) is 2. The van der Waals surface area contributed by atoms with Gasteiger partial charge in [-0.15, -0.1) is 0 Å². The molecule has 5 nitrogen and oxygen atoms in total. The van der Waals surface area contributed by atoms with E-state index in [4.69, 9.17) is 11.6 Å². The predicted octanol–water partition coefficient (Wildman–Crippen LogP) is 3.57. The molecule has 0 atom stereocenters. The third-order valence-electron chi connectivity index (χ3n) is 4.25. The van der Waals surface area contributed by atoms with Gasteiger partial charge in [0.1, 0.15) is 0 Å². The molecule has 0 aliphatic carbocycles. The Morgan fingerprint density at radius 1 is 1.07 bits per heavy atom. The Balaban J connectivity index is 1.87. The maximum atomic E-state index is 12.5. The number of hydrogen-bond acceptors (Lipinski definition) is 3. The highest BCUT2D eigenvalue weighted by molar-refractivity contribution is 6.33. The van der Waals surface area contributed by atoms with E-state index in [1.54, 1.807) is 31.3 Å². The number of amides is 2. The number of halogens is 1. The van der Waals surface area contributed by atoms with E-state index in [2.05, 4.69) is 35.3 Å². The number of aryl methyl sites for hydroxylation is 1. The monoisotopic (exact) mass is 387 g/mol. The first-order valence-electron chi connectivity index (χ1n) is 8.95. The fraction of sp³-hybridized carbons (Fsp3) is 0.333. The topological polar surface area (TPSA) is 52.7 Å². The van der Waals surface area contributed by atoms with E-state index < -0.39 is 0 Å². The number of rotatable bonds is 8. The van der Waals surface area contributed by atoms with Crippen molar-refractivity contribution in [2.24, 2.45) is 0 Å². The van der Waals surface area contributed by atoms with Crippen molar-refractivity contribution in [3.8, 4) is 0 Å². The molecule has 2 aromatic carbocycles. The zero-order valence-electron chi connectivity index (χ0n) is 16.0. The molecule has 2 aromatic rings. The Morgan fingerprint density at radius 2 is 1.81 bits per heavy atom. The number of benzene rings is 2. The second-order valence-corrected chi connectivity index (χ2v) is 6.98. The summed E-state index contributed by atoms with van der Waals surface area (Å²) in [4.78, 5) is 28.2. The lowest BCUT2D eigenvalue weighted by Gasteiger charge is -2.24. The number of carbonyl (C=O) groups excluding carboxylic acids is 2. The summed E-state index contributed by atoms with van der Waals surface area (Å²) in [7, 11) is 1.63. The van der Waals surface area contributed by atoms with Crippen molar-refractivity contribution in [3.05, 3.63) is 64.7 Å². The van der Waals surface area contributed by atoms with Gasteiger partial charge in [0.2, 0.25) is 11.8 Å². The summed E-state index contributed by atoms with van der Waals surface area (Å²) >= 11 is 6.04. The molecule has 27 heavy (non-hydrogen) atoms. The van der Waals surface area contributed by atoms with Crippen LogP contribution in [0.5, 0.6) is 0 Å². The van der Waals surface area contributed by atoms with Crippen molar-refractivity contribution in [1.29, 1.82) is 0 Å². The zero-order valence-corrected chi connectivity index (χ0v) is 16.8. The first kappa shape index (κ1) is 20.9. The lowest BCUT2D eigenvalue weighted by Crippen LogP contribution is -2.41. The largest absolute Gasteiger partial charge is 0.335 e. The molecule has 0 spiro atoms. The summed E-state index contributed by atoms with van der Waals surface area (Å²) in [5, 5.41) is 3.20. The third kappa shape index (κ3) is 6.70. The highest BCUT2D eigenvalue weighted by atomic mass is 35.5. The van der Waals surface area contributed by atoms with Crippen LogP contribution in [0.2, 0.25) is 5.02 Å². The van der Waals surface area contributed by atoms with Crippen molar-refractivity contribution in [2.45, 2.75) is 20.4 Å². The smallest absolute Gasteiger partial charge is 0.244 e. The van der Waals surface area contributed by atoms with Crippen LogP contribution in [0, 0.1) is 6.92 Å². The van der Waals surface area contributed by atoms with Crippen molar-refractivity contribution in [3.63, 3.8) is 0 Å². The van der Waals surface area contributed by atoms with Crippen LogP contribution in [0.3, 0.4) is 0 Å². The summed E-state index contributed by atoms with van der Waals surface area (Å²) in [6, 6.07) is 15.3. The van der Waals surface area contributed by atoms with Gasteiger partial charge in [0.25, 0.3) is 0 Å². The fourth-order valence-corrected chi connectivity index (χ4v) is 2.90. The van der Waals surface area contributed by atoms with E-state index in [-0.39, 0.29) is 24.9 Å². The number of carbonyl (C=O) groups is 2. The van der Waals surface area contributed by atoms with Crippen LogP contribution < -0.4 is 5.32 Å². The molecule has 0 aromatic heterocycles. The molecule has 0 heterocycles. The van der Waals surface area contributed by atoms with Gasteiger partial charge < -0.3 is 10.2 Å². The molecule has 0 radical (unpaired) electrons. The van der Waals surface area contributed by atoms with Gasteiger partial charge >= 0.3 is 0 Å². The van der Waals surface area contributed by atoms with Gasteiger partial charge in [-0.3, -0.25) is 14.5 Å². The molecule has 0 saturated carbocycles. The van der Waals surface area contributed by atoms with E-state index in [1.807, 2.05) is 13.0 Å². The second kappa shape index (κ2) is 10.1. The number of hydrogen-bond donors (Lipinski definition) is 1. The summed E-state index contributed by atoms with van der Waals surface area (Å²) in [5.41, 5.74) is 2.91. The average Bonchev–Trinajstić information content (AvgIpc) is 2.63. The molecular formula is C21H26ClN3O2. The van der Waals surface area contributed by atoms with Gasteiger partial charge in [-0.05, 0) is 31.2 Å². The first-order chi connectivity index (χ1) is 12.9. The molecule has 2 rings (SSSR count). The summed E-state index contributed by atoms with van der Waals surface area (Å²) in [6.07, 6.45) is 0. The molecule has 0 aliphatic rings. The van der Waals surface area contributed by atoms with E-state index in [0.717, 1.165) is 6.54 Å². The van der Waals surface area contributed by atoms with Crippen LogP contribution in [-0.4, -0.2) is 48.3 Å². The lowest BCUT2D eigenvalue weighted by atomic mass is 10.1. The molecule has 2 amide bonds. The number of nitrogens with one attached hydrogen (secondary N) is 1. The lowest BCUT2D eigenvalue weighted by molar-refractivity contribution is -0.134. The fourth-order valence-electron chi connectivity index (χ4n) is 2.72. The molecule has 0 unspecified atom stereocenters. The molecular weight excluding hydrogens is 362 g/mol. The van der Waals surface area contributed by atoms with Gasteiger partial charge in [0, 0.05) is 13.6 Å². The maximum Gasteiger partial charge on any atom is 0.244 e. The summed E-state index contributed by atoms with van der Waals surface area (Å²) in [5.74, 6) is -0.375. The van der Waals surface area contributed by atoms with E-state index >= 15 is 0 Å². The Morgan fingerprint density at radius 3 is 2.48 bits per heavy atom. The second-order valence-electron chi connectivity index (χ2n) is 6.57. The van der Waals surface area contributed by atoms with Gasteiger partial charge in [0.15, 0.2) is 0 Å². The van der Waals surface area contributed by atoms with Crippen molar-refractivity contribution in [2.75, 3.05) is 32.0 Å². The minimum absolute atomic E-state index is 0.0218. The Kier molecular flexibility index (Phi) is 7.82. The number of nitrogens with zero attached hydrogens (tertiary/aromatic N) is 2. The Labute approximate surface area is 165 Å². The van der Waals surface area contributed by atoms with Crippen molar-refractivity contribution in [1.82, 2.24) is 9.80 Å². The molecule has 144 valence electrons. The summed E-state index contributed by atoms with van der Waals surface area (Å²) < 4.78 is 0. The van der Waals surface area contributed by atoms with Gasteiger partial charge in [-0.2, -0.15) is 0 Å². The van der Waals surface area contributed by atoms with Crippen LogP contribution >= 0.6 is 11.6 Å². The highest BCUT2D eigenvalue weighted by Crippen LogP contribution is 2.20. The zero-order chi connectivity index (χ0) is 19.8. The van der Waals surface area contributed by atoms with Crippen LogP contribution in [-0.2, 0) is 16.1 Å². The minimum Gasteiger partial charge on any atom is -0.335 e. The summed E-state index contributed by atoms with van der Waals surface area (Å²) in [6.45, 7) is 5.76. The molecule has 0 aliphatic heterocycles. The predicted molar refractivity (Wildman–Crippen MR) is 110 cm³/mol. The average molecular weight is 388 g/mol. The normalized spacial score (nSPS) is 10.7. The van der Waals surface area contributed by atoms with Gasteiger partial charge in [-0.1, -0.05) is 60.5 Å². The molecule has 0 fully saturated rings.